The van der Waals surface area contributed by atoms with Crippen LogP contribution >= 0.6 is 0 Å². The third-order valence-corrected chi connectivity index (χ3v) is 8.27. The highest BCUT2D eigenvalue weighted by Gasteiger charge is 2.20. The van der Waals surface area contributed by atoms with E-state index in [2.05, 4.69) is 88.4 Å². The zero-order valence-electron chi connectivity index (χ0n) is 30.4. The molecule has 0 rings (SSSR count). The Morgan fingerprint density at radius 2 is 0.773 bits per heavy atom. The molecule has 0 amide bonds. The largest absolute Gasteiger partial charge is 0.374 e. The second-order valence-corrected chi connectivity index (χ2v) is 13.0. The molecule has 2 atom stereocenters. The van der Waals surface area contributed by atoms with Gasteiger partial charge in [-0.25, -0.2) is 0 Å². The van der Waals surface area contributed by atoms with Gasteiger partial charge in [0.15, 0.2) is 0 Å². The van der Waals surface area contributed by atoms with Gasteiger partial charge in [-0.1, -0.05) is 140 Å². The molecule has 258 valence electrons. The van der Waals surface area contributed by atoms with Crippen LogP contribution in [-0.4, -0.2) is 44.5 Å². The van der Waals surface area contributed by atoms with Crippen molar-refractivity contribution < 1.29 is 9.47 Å². The molecular formula is C41H77NO2. The summed E-state index contributed by atoms with van der Waals surface area (Å²) in [5.74, 6) is 0. The monoisotopic (exact) mass is 616 g/mol. The zero-order valence-corrected chi connectivity index (χ0v) is 30.4. The Kier molecular flexibility index (Phi) is 35.4. The average molecular weight is 616 g/mol. The number of hydrogen-bond donors (Lipinski definition) is 0. The van der Waals surface area contributed by atoms with Crippen molar-refractivity contribution in [2.24, 2.45) is 0 Å². The summed E-state index contributed by atoms with van der Waals surface area (Å²) in [6, 6.07) is 0. The van der Waals surface area contributed by atoms with Gasteiger partial charge in [0.2, 0.25) is 0 Å². The van der Waals surface area contributed by atoms with E-state index < -0.39 is 0 Å². The van der Waals surface area contributed by atoms with Crippen LogP contribution in [-0.2, 0) is 9.47 Å². The molecule has 3 nitrogen and oxygen atoms in total. The summed E-state index contributed by atoms with van der Waals surface area (Å²) in [5.41, 5.74) is 0. The molecule has 0 aliphatic rings. The first-order valence-corrected chi connectivity index (χ1v) is 19.1. The fraction of sp³-hybridized carbons (Fsp3) is 0.805. The summed E-state index contributed by atoms with van der Waals surface area (Å²) in [6.07, 6.45) is 49.5. The van der Waals surface area contributed by atoms with Crippen LogP contribution in [0.1, 0.15) is 175 Å². The number of allylic oxidation sites excluding steroid dienone is 8. The SMILES string of the molecule is CCCCCC=CCC=CCCCCCCCCOC(C)C(OCCCCCCCCC=CCC=CCCCCC)N(C)C. The fourth-order valence-electron chi connectivity index (χ4n) is 5.44. The molecule has 0 N–H and O–H groups in total. The van der Waals surface area contributed by atoms with Gasteiger partial charge >= 0.3 is 0 Å². The lowest BCUT2D eigenvalue weighted by molar-refractivity contribution is -0.125. The number of nitrogens with zero attached hydrogens (tertiary/aromatic N) is 1. The Hall–Kier alpha value is -1.16. The quantitative estimate of drug-likeness (QED) is 0.0408. The highest BCUT2D eigenvalue weighted by atomic mass is 16.5. The van der Waals surface area contributed by atoms with Gasteiger partial charge in [0.1, 0.15) is 6.23 Å². The summed E-state index contributed by atoms with van der Waals surface area (Å²) < 4.78 is 12.4. The molecule has 0 saturated heterocycles. The molecule has 0 fully saturated rings. The van der Waals surface area contributed by atoms with Gasteiger partial charge in [-0.05, 0) is 98.1 Å². The summed E-state index contributed by atoms with van der Waals surface area (Å²) in [4.78, 5) is 2.17. The van der Waals surface area contributed by atoms with Crippen molar-refractivity contribution in [3.05, 3.63) is 48.6 Å². The van der Waals surface area contributed by atoms with Crippen LogP contribution in [0.3, 0.4) is 0 Å². The fourth-order valence-corrected chi connectivity index (χ4v) is 5.44. The van der Waals surface area contributed by atoms with E-state index in [1.54, 1.807) is 0 Å². The Morgan fingerprint density at radius 1 is 0.432 bits per heavy atom. The van der Waals surface area contributed by atoms with Crippen LogP contribution in [0, 0.1) is 0 Å². The summed E-state index contributed by atoms with van der Waals surface area (Å²) in [6.45, 7) is 8.36. The number of likely N-dealkylation sites (N-methyl/N-ethyl adjacent to an activating group) is 1. The van der Waals surface area contributed by atoms with E-state index in [4.69, 9.17) is 9.47 Å². The van der Waals surface area contributed by atoms with Crippen LogP contribution in [0.4, 0.5) is 0 Å². The lowest BCUT2D eigenvalue weighted by Crippen LogP contribution is -2.41. The minimum atomic E-state index is 0.0394. The predicted octanol–water partition coefficient (Wildman–Crippen LogP) is 12.9. The molecule has 0 aromatic carbocycles. The minimum absolute atomic E-state index is 0.0394. The summed E-state index contributed by atoms with van der Waals surface area (Å²) >= 11 is 0. The first kappa shape index (κ1) is 42.8. The van der Waals surface area contributed by atoms with Crippen molar-refractivity contribution in [1.82, 2.24) is 4.90 Å². The topological polar surface area (TPSA) is 21.7 Å². The molecule has 44 heavy (non-hydrogen) atoms. The number of unbranched alkanes of at least 4 members (excludes halogenated alkanes) is 18. The standard InChI is InChI=1S/C41H77NO2/c1-6-8-10-12-14-16-18-20-22-24-26-28-30-32-34-36-38-43-40(3)41(42(4)5)44-39-37-35-33-31-29-27-25-23-21-19-17-15-13-11-9-7-2/h14-17,20-23,40-41H,6-13,18-19,24-39H2,1-5H3. The van der Waals surface area contributed by atoms with E-state index in [0.717, 1.165) is 38.9 Å². The van der Waals surface area contributed by atoms with Gasteiger partial charge in [0.25, 0.3) is 0 Å². The Labute approximate surface area is 277 Å². The molecule has 0 radical (unpaired) electrons. The van der Waals surface area contributed by atoms with Gasteiger partial charge in [-0.15, -0.1) is 0 Å². The molecule has 0 aliphatic heterocycles. The summed E-state index contributed by atoms with van der Waals surface area (Å²) in [7, 11) is 4.20. The lowest BCUT2D eigenvalue weighted by Gasteiger charge is -2.30. The molecule has 0 aromatic heterocycles. The third kappa shape index (κ3) is 32.2. The molecule has 0 aromatic rings. The van der Waals surface area contributed by atoms with Crippen molar-refractivity contribution in [1.29, 1.82) is 0 Å². The number of ether oxygens (including phenoxy) is 2. The van der Waals surface area contributed by atoms with Crippen molar-refractivity contribution in [2.75, 3.05) is 27.3 Å². The van der Waals surface area contributed by atoms with Crippen LogP contribution in [0.5, 0.6) is 0 Å². The maximum absolute atomic E-state index is 6.25. The molecule has 0 aliphatic carbocycles. The van der Waals surface area contributed by atoms with Crippen molar-refractivity contribution in [3.8, 4) is 0 Å². The van der Waals surface area contributed by atoms with E-state index in [1.165, 1.54) is 128 Å². The molecule has 0 spiro atoms. The zero-order chi connectivity index (χ0) is 32.2. The van der Waals surface area contributed by atoms with E-state index in [1.807, 2.05) is 0 Å². The summed E-state index contributed by atoms with van der Waals surface area (Å²) in [5, 5.41) is 0. The second-order valence-electron chi connectivity index (χ2n) is 13.0. The van der Waals surface area contributed by atoms with Crippen LogP contribution in [0.2, 0.25) is 0 Å². The van der Waals surface area contributed by atoms with E-state index in [0.29, 0.717) is 0 Å². The van der Waals surface area contributed by atoms with E-state index in [-0.39, 0.29) is 12.3 Å². The highest BCUT2D eigenvalue weighted by Crippen LogP contribution is 2.13. The normalized spacial score (nSPS) is 14.0. The average Bonchev–Trinajstić information content (AvgIpc) is 3.01. The van der Waals surface area contributed by atoms with Crippen molar-refractivity contribution in [2.45, 2.75) is 187 Å². The first-order valence-electron chi connectivity index (χ1n) is 19.1. The Balaban J connectivity index is 3.62. The number of hydrogen-bond acceptors (Lipinski definition) is 3. The van der Waals surface area contributed by atoms with Gasteiger partial charge < -0.3 is 9.47 Å². The van der Waals surface area contributed by atoms with Crippen LogP contribution < -0.4 is 0 Å². The van der Waals surface area contributed by atoms with Gasteiger partial charge in [0.05, 0.1) is 6.10 Å². The van der Waals surface area contributed by atoms with Gasteiger partial charge in [0, 0.05) is 13.2 Å². The van der Waals surface area contributed by atoms with Crippen LogP contribution in [0.25, 0.3) is 0 Å². The molecule has 0 saturated carbocycles. The van der Waals surface area contributed by atoms with Crippen molar-refractivity contribution in [3.63, 3.8) is 0 Å². The lowest BCUT2D eigenvalue weighted by atomic mass is 10.1. The Morgan fingerprint density at radius 3 is 1.16 bits per heavy atom. The first-order chi connectivity index (χ1) is 21.6. The highest BCUT2D eigenvalue weighted by molar-refractivity contribution is 4.93. The maximum Gasteiger partial charge on any atom is 0.136 e. The second kappa shape index (κ2) is 36.3. The van der Waals surface area contributed by atoms with Crippen LogP contribution in [0.15, 0.2) is 48.6 Å². The predicted molar refractivity (Wildman–Crippen MR) is 198 cm³/mol. The van der Waals surface area contributed by atoms with E-state index >= 15 is 0 Å². The van der Waals surface area contributed by atoms with E-state index in [9.17, 15) is 0 Å². The van der Waals surface area contributed by atoms with Gasteiger partial charge in [-0.2, -0.15) is 0 Å². The third-order valence-electron chi connectivity index (χ3n) is 8.27. The number of rotatable bonds is 34. The molecule has 0 bridgehead atoms. The molecular weight excluding hydrogens is 538 g/mol. The minimum Gasteiger partial charge on any atom is -0.374 e. The van der Waals surface area contributed by atoms with Crippen molar-refractivity contribution >= 4 is 0 Å². The Bertz CT molecular complexity index is 666. The smallest absolute Gasteiger partial charge is 0.136 e. The molecule has 2 unspecified atom stereocenters. The molecule has 0 heterocycles. The molecule has 3 heteroatoms. The maximum atomic E-state index is 6.25. The van der Waals surface area contributed by atoms with Gasteiger partial charge in [-0.3, -0.25) is 4.90 Å².